The number of halogens is 2. The van der Waals surface area contributed by atoms with Crippen LogP contribution in [0.15, 0.2) is 47.2 Å². The van der Waals surface area contributed by atoms with E-state index in [2.05, 4.69) is 10.1 Å². The number of pyridine rings is 1. The van der Waals surface area contributed by atoms with Crippen molar-refractivity contribution in [3.8, 4) is 21.6 Å². The van der Waals surface area contributed by atoms with Gasteiger partial charge in [-0.15, -0.1) is 23.7 Å². The van der Waals surface area contributed by atoms with Crippen LogP contribution in [-0.4, -0.2) is 39.1 Å². The fourth-order valence-corrected chi connectivity index (χ4v) is 6.51. The molecular weight excluding hydrogens is 475 g/mol. The van der Waals surface area contributed by atoms with Crippen molar-refractivity contribution >= 4 is 40.6 Å². The van der Waals surface area contributed by atoms with Crippen molar-refractivity contribution in [2.75, 3.05) is 0 Å². The standard InChI is InChI=1S/C25H23FN4O2S.ClH/c1-13-18-9-21(26)20(10-22(18)32-29-13)24-19(14-3-2-6-28-12-14)11-23(33-24)25(31)30-16-4-5-17(30)8-15(27)7-16;/h2-3,6,9-12,15-17H,4-5,7-8,27H2,1H3;1H. The van der Waals surface area contributed by atoms with E-state index in [9.17, 15) is 4.79 Å². The van der Waals surface area contributed by atoms with E-state index >= 15 is 4.39 Å². The Morgan fingerprint density at radius 3 is 2.68 bits per heavy atom. The summed E-state index contributed by atoms with van der Waals surface area (Å²) in [6.45, 7) is 1.78. The number of benzene rings is 1. The number of nitrogens with zero attached hydrogens (tertiary/aromatic N) is 3. The fraction of sp³-hybridized carbons (Fsp3) is 0.320. The number of carbonyl (C=O) groups is 1. The van der Waals surface area contributed by atoms with Crippen LogP contribution < -0.4 is 5.73 Å². The molecule has 2 N–H and O–H groups in total. The Balaban J connectivity index is 0.00000241. The highest BCUT2D eigenvalue weighted by Gasteiger charge is 2.43. The van der Waals surface area contributed by atoms with Crippen molar-refractivity contribution in [1.82, 2.24) is 15.0 Å². The maximum Gasteiger partial charge on any atom is 0.264 e. The van der Waals surface area contributed by atoms with Crippen LogP contribution in [0.4, 0.5) is 4.39 Å². The normalized spacial score (nSPS) is 21.6. The molecule has 2 bridgehead atoms. The second kappa shape index (κ2) is 8.76. The van der Waals surface area contributed by atoms with Gasteiger partial charge >= 0.3 is 0 Å². The van der Waals surface area contributed by atoms with Gasteiger partial charge in [0.05, 0.1) is 10.6 Å². The molecule has 6 nitrogen and oxygen atoms in total. The minimum atomic E-state index is -0.371. The van der Waals surface area contributed by atoms with Crippen molar-refractivity contribution in [1.29, 1.82) is 0 Å². The lowest BCUT2D eigenvalue weighted by Gasteiger charge is -2.37. The summed E-state index contributed by atoms with van der Waals surface area (Å²) in [4.78, 5) is 21.2. The average Bonchev–Trinajstić information content (AvgIpc) is 3.48. The Bertz CT molecular complexity index is 1360. The fourth-order valence-electron chi connectivity index (χ4n) is 5.36. The van der Waals surface area contributed by atoms with Gasteiger partial charge in [0, 0.05) is 57.5 Å². The van der Waals surface area contributed by atoms with Crippen LogP contribution in [0.5, 0.6) is 0 Å². The number of carbonyl (C=O) groups excluding carboxylic acids is 1. The van der Waals surface area contributed by atoms with E-state index in [1.165, 1.54) is 17.4 Å². The zero-order chi connectivity index (χ0) is 22.7. The Labute approximate surface area is 206 Å². The Kier molecular flexibility index (Phi) is 5.91. The minimum Gasteiger partial charge on any atom is -0.356 e. The average molecular weight is 499 g/mol. The first-order valence-electron chi connectivity index (χ1n) is 11.2. The largest absolute Gasteiger partial charge is 0.356 e. The third-order valence-electron chi connectivity index (χ3n) is 6.90. The van der Waals surface area contributed by atoms with Crippen LogP contribution in [0.3, 0.4) is 0 Å². The molecule has 0 saturated carbocycles. The van der Waals surface area contributed by atoms with E-state index in [4.69, 9.17) is 10.3 Å². The zero-order valence-electron chi connectivity index (χ0n) is 18.5. The van der Waals surface area contributed by atoms with Gasteiger partial charge in [0.25, 0.3) is 5.91 Å². The molecule has 5 heterocycles. The molecule has 6 rings (SSSR count). The molecule has 9 heteroatoms. The molecule has 2 fully saturated rings. The molecule has 34 heavy (non-hydrogen) atoms. The number of fused-ring (bicyclic) bond motifs is 3. The minimum absolute atomic E-state index is 0. The summed E-state index contributed by atoms with van der Waals surface area (Å²) >= 11 is 1.32. The van der Waals surface area contributed by atoms with Crippen LogP contribution in [0.25, 0.3) is 32.5 Å². The highest BCUT2D eigenvalue weighted by atomic mass is 35.5. The zero-order valence-corrected chi connectivity index (χ0v) is 20.2. The van der Waals surface area contributed by atoms with Crippen LogP contribution in [0.1, 0.15) is 41.0 Å². The molecule has 0 radical (unpaired) electrons. The smallest absolute Gasteiger partial charge is 0.264 e. The summed E-state index contributed by atoms with van der Waals surface area (Å²) in [7, 11) is 0. The van der Waals surface area contributed by atoms with Crippen LogP contribution >= 0.6 is 23.7 Å². The number of aromatic nitrogens is 2. The third kappa shape index (κ3) is 3.70. The van der Waals surface area contributed by atoms with E-state index in [0.717, 1.165) is 36.8 Å². The van der Waals surface area contributed by atoms with Gasteiger partial charge in [-0.05, 0) is 56.9 Å². The van der Waals surface area contributed by atoms with Gasteiger partial charge < -0.3 is 15.2 Å². The van der Waals surface area contributed by atoms with E-state index in [1.807, 2.05) is 23.1 Å². The number of hydrogen-bond donors (Lipinski definition) is 1. The van der Waals surface area contributed by atoms with Gasteiger partial charge in [0.15, 0.2) is 5.58 Å². The van der Waals surface area contributed by atoms with E-state index in [-0.39, 0.29) is 42.3 Å². The second-order valence-electron chi connectivity index (χ2n) is 9.02. The lowest BCUT2D eigenvalue weighted by Crippen LogP contribution is -2.49. The summed E-state index contributed by atoms with van der Waals surface area (Å²) in [5, 5.41) is 4.60. The van der Waals surface area contributed by atoms with Gasteiger partial charge in [-0.3, -0.25) is 9.78 Å². The molecule has 2 aliphatic rings. The molecule has 0 spiro atoms. The van der Waals surface area contributed by atoms with Crippen molar-refractivity contribution in [3.05, 3.63) is 59.1 Å². The first kappa shape index (κ1) is 23.0. The van der Waals surface area contributed by atoms with Gasteiger partial charge in [-0.1, -0.05) is 11.2 Å². The molecule has 2 atom stereocenters. The maximum atomic E-state index is 15.3. The number of hydrogen-bond acceptors (Lipinski definition) is 6. The molecule has 176 valence electrons. The summed E-state index contributed by atoms with van der Waals surface area (Å²) in [5.41, 5.74) is 9.37. The monoisotopic (exact) mass is 498 g/mol. The SMILES string of the molecule is Cc1noc2cc(-c3sc(C(=O)N4C5CCC4CC(N)C5)cc3-c3cccnc3)c(F)cc12.Cl. The quantitative estimate of drug-likeness (QED) is 0.398. The van der Waals surface area contributed by atoms with E-state index < -0.39 is 0 Å². The predicted molar refractivity (Wildman–Crippen MR) is 133 cm³/mol. The van der Waals surface area contributed by atoms with Crippen LogP contribution in [-0.2, 0) is 0 Å². The third-order valence-corrected chi connectivity index (χ3v) is 8.06. The lowest BCUT2D eigenvalue weighted by atomic mass is 9.97. The van der Waals surface area contributed by atoms with E-state index in [1.54, 1.807) is 25.4 Å². The number of thiophene rings is 1. The van der Waals surface area contributed by atoms with Crippen LogP contribution in [0.2, 0.25) is 0 Å². The molecule has 4 aromatic rings. The number of nitrogens with two attached hydrogens (primary N) is 1. The molecule has 2 aliphatic heterocycles. The Morgan fingerprint density at radius 2 is 1.97 bits per heavy atom. The van der Waals surface area contributed by atoms with E-state index in [0.29, 0.717) is 32.0 Å². The van der Waals surface area contributed by atoms with Gasteiger partial charge in [0.1, 0.15) is 5.82 Å². The maximum absolute atomic E-state index is 15.3. The Hall–Kier alpha value is -2.81. The topological polar surface area (TPSA) is 85.2 Å². The molecule has 0 aliphatic carbocycles. The Morgan fingerprint density at radius 1 is 1.21 bits per heavy atom. The highest BCUT2D eigenvalue weighted by molar-refractivity contribution is 7.18. The highest BCUT2D eigenvalue weighted by Crippen LogP contribution is 2.44. The first-order chi connectivity index (χ1) is 16.0. The predicted octanol–water partition coefficient (Wildman–Crippen LogP) is 5.58. The van der Waals surface area contributed by atoms with Gasteiger partial charge in [0.2, 0.25) is 0 Å². The van der Waals surface area contributed by atoms with Crippen molar-refractivity contribution in [2.45, 2.75) is 50.7 Å². The van der Waals surface area contributed by atoms with Crippen molar-refractivity contribution < 1.29 is 13.7 Å². The van der Waals surface area contributed by atoms with Gasteiger partial charge in [-0.2, -0.15) is 0 Å². The van der Waals surface area contributed by atoms with Gasteiger partial charge in [-0.25, -0.2) is 4.39 Å². The molecule has 1 amide bonds. The molecule has 3 aromatic heterocycles. The summed E-state index contributed by atoms with van der Waals surface area (Å²) in [6.07, 6.45) is 7.10. The lowest BCUT2D eigenvalue weighted by molar-refractivity contribution is 0.0580. The number of aryl methyl sites for hydroxylation is 1. The summed E-state index contributed by atoms with van der Waals surface area (Å²) in [6, 6.07) is 9.29. The number of rotatable bonds is 3. The molecule has 1 aromatic carbocycles. The summed E-state index contributed by atoms with van der Waals surface area (Å²) in [5.74, 6) is -0.364. The first-order valence-corrected chi connectivity index (χ1v) is 12.0. The second-order valence-corrected chi connectivity index (χ2v) is 10.1. The molecular formula is C25H24ClFN4O2S. The van der Waals surface area contributed by atoms with Crippen LogP contribution in [0, 0.1) is 12.7 Å². The number of amides is 1. The summed E-state index contributed by atoms with van der Waals surface area (Å²) < 4.78 is 20.7. The van der Waals surface area contributed by atoms with Crippen molar-refractivity contribution in [2.24, 2.45) is 5.73 Å². The molecule has 2 unspecified atom stereocenters. The molecule has 2 saturated heterocycles. The van der Waals surface area contributed by atoms with Crippen molar-refractivity contribution in [3.63, 3.8) is 0 Å². The number of piperidine rings is 1.